The smallest absolute Gasteiger partial charge is 0.305 e. The molecule has 5 nitrogen and oxygen atoms in total. The van der Waals surface area contributed by atoms with Crippen LogP contribution in [0.2, 0.25) is 0 Å². The van der Waals surface area contributed by atoms with Crippen molar-refractivity contribution in [2.24, 2.45) is 0 Å². The van der Waals surface area contributed by atoms with Crippen LogP contribution in [0.5, 0.6) is 0 Å². The summed E-state index contributed by atoms with van der Waals surface area (Å²) >= 11 is 0. The number of hydrogen-bond donors (Lipinski definition) is 3. The molecule has 94 valence electrons. The van der Waals surface area contributed by atoms with Crippen molar-refractivity contribution < 1.29 is 14.7 Å². The monoisotopic (exact) mass is 230 g/mol. The number of carbonyl (C=O) groups is 2. The maximum Gasteiger partial charge on any atom is 0.305 e. The predicted molar refractivity (Wildman–Crippen MR) is 62.2 cm³/mol. The zero-order valence-corrected chi connectivity index (χ0v) is 10.5. The van der Waals surface area contributed by atoms with Crippen molar-refractivity contribution in [3.8, 4) is 0 Å². The summed E-state index contributed by atoms with van der Waals surface area (Å²) in [6.07, 6.45) is 0.869. The van der Waals surface area contributed by atoms with Crippen LogP contribution in [-0.4, -0.2) is 35.1 Å². The van der Waals surface area contributed by atoms with E-state index in [0.717, 1.165) is 6.42 Å². The fraction of sp³-hybridized carbons (Fsp3) is 0.818. The highest BCUT2D eigenvalue weighted by molar-refractivity contribution is 5.79. The summed E-state index contributed by atoms with van der Waals surface area (Å²) in [5, 5.41) is 14.4. The number of rotatable bonds is 7. The Balaban J connectivity index is 3.98. The Morgan fingerprint density at radius 3 is 2.38 bits per heavy atom. The van der Waals surface area contributed by atoms with Crippen LogP contribution in [0.1, 0.15) is 40.5 Å². The topological polar surface area (TPSA) is 78.4 Å². The average Bonchev–Trinajstić information content (AvgIpc) is 2.11. The first-order chi connectivity index (χ1) is 7.26. The Morgan fingerprint density at radius 2 is 1.94 bits per heavy atom. The minimum atomic E-state index is -0.916. The molecule has 1 unspecified atom stereocenters. The summed E-state index contributed by atoms with van der Waals surface area (Å²) in [4.78, 5) is 22.0. The van der Waals surface area contributed by atoms with E-state index in [-0.39, 0.29) is 24.9 Å². The molecule has 1 amide bonds. The van der Waals surface area contributed by atoms with Gasteiger partial charge in [0.05, 0.1) is 13.0 Å². The summed E-state index contributed by atoms with van der Waals surface area (Å²) in [5.74, 6) is -1.09. The number of carboxylic acids is 1. The first-order valence-corrected chi connectivity index (χ1v) is 5.53. The first-order valence-electron chi connectivity index (χ1n) is 5.53. The van der Waals surface area contributed by atoms with Gasteiger partial charge in [-0.05, 0) is 27.2 Å². The average molecular weight is 230 g/mol. The molecule has 0 heterocycles. The van der Waals surface area contributed by atoms with E-state index in [2.05, 4.69) is 10.6 Å². The van der Waals surface area contributed by atoms with Crippen molar-refractivity contribution in [2.75, 3.05) is 6.54 Å². The maximum absolute atomic E-state index is 11.5. The van der Waals surface area contributed by atoms with Crippen molar-refractivity contribution in [1.29, 1.82) is 0 Å². The second kappa shape index (κ2) is 6.48. The summed E-state index contributed by atoms with van der Waals surface area (Å²) in [5.41, 5.74) is -0.708. The van der Waals surface area contributed by atoms with E-state index in [1.807, 2.05) is 13.8 Å². The number of nitrogens with one attached hydrogen (secondary N) is 2. The molecule has 1 atom stereocenters. The molecule has 0 aliphatic rings. The summed E-state index contributed by atoms with van der Waals surface area (Å²) in [6, 6.07) is 0.285. The van der Waals surface area contributed by atoms with E-state index < -0.39 is 11.5 Å². The number of hydrogen-bond acceptors (Lipinski definition) is 3. The fourth-order valence-corrected chi connectivity index (χ4v) is 1.26. The van der Waals surface area contributed by atoms with Crippen LogP contribution in [0.25, 0.3) is 0 Å². The quantitative estimate of drug-likeness (QED) is 0.603. The predicted octanol–water partition coefficient (Wildman–Crippen LogP) is 0.744. The Morgan fingerprint density at radius 1 is 1.38 bits per heavy atom. The summed E-state index contributed by atoms with van der Waals surface area (Å²) in [6.45, 7) is 7.64. The largest absolute Gasteiger partial charge is 0.481 e. The molecule has 16 heavy (non-hydrogen) atoms. The van der Waals surface area contributed by atoms with Gasteiger partial charge in [0, 0.05) is 11.6 Å². The van der Waals surface area contributed by atoms with Crippen molar-refractivity contribution in [2.45, 2.75) is 52.1 Å². The second-order valence-electron chi connectivity index (χ2n) is 4.69. The van der Waals surface area contributed by atoms with Crippen LogP contribution in [0.4, 0.5) is 0 Å². The third-order valence-electron chi connectivity index (χ3n) is 2.29. The van der Waals surface area contributed by atoms with Crippen LogP contribution in [0, 0.1) is 0 Å². The lowest BCUT2D eigenvalue weighted by molar-refractivity contribution is -0.138. The van der Waals surface area contributed by atoms with Crippen LogP contribution in [0.15, 0.2) is 0 Å². The second-order valence-corrected chi connectivity index (χ2v) is 4.69. The Labute approximate surface area is 96.6 Å². The van der Waals surface area contributed by atoms with E-state index in [9.17, 15) is 9.59 Å². The zero-order chi connectivity index (χ0) is 12.8. The van der Waals surface area contributed by atoms with Gasteiger partial charge in [-0.2, -0.15) is 0 Å². The molecule has 0 rings (SSSR count). The lowest BCUT2D eigenvalue weighted by Gasteiger charge is -2.24. The van der Waals surface area contributed by atoms with Crippen LogP contribution in [-0.2, 0) is 9.59 Å². The third kappa shape index (κ3) is 7.23. The zero-order valence-electron chi connectivity index (χ0n) is 10.5. The molecular weight excluding hydrogens is 208 g/mol. The number of carboxylic acid groups (broad SMARTS) is 1. The number of carbonyl (C=O) groups excluding carboxylic acids is 1. The highest BCUT2D eigenvalue weighted by Gasteiger charge is 2.23. The van der Waals surface area contributed by atoms with Gasteiger partial charge in [-0.3, -0.25) is 9.59 Å². The Hall–Kier alpha value is -1.10. The molecule has 0 saturated heterocycles. The minimum absolute atomic E-state index is 0.0813. The molecule has 0 bridgehead atoms. The molecule has 0 aromatic heterocycles. The Kier molecular flexibility index (Phi) is 6.03. The van der Waals surface area contributed by atoms with Crippen LogP contribution in [0.3, 0.4) is 0 Å². The van der Waals surface area contributed by atoms with E-state index in [0.29, 0.717) is 0 Å². The van der Waals surface area contributed by atoms with E-state index in [1.165, 1.54) is 0 Å². The van der Waals surface area contributed by atoms with Crippen LogP contribution < -0.4 is 10.6 Å². The summed E-state index contributed by atoms with van der Waals surface area (Å²) in [7, 11) is 0. The first kappa shape index (κ1) is 14.9. The molecule has 0 aliphatic heterocycles. The van der Waals surface area contributed by atoms with Crippen molar-refractivity contribution in [3.63, 3.8) is 0 Å². The van der Waals surface area contributed by atoms with E-state index >= 15 is 0 Å². The fourth-order valence-electron chi connectivity index (χ4n) is 1.26. The summed E-state index contributed by atoms with van der Waals surface area (Å²) < 4.78 is 0. The SMILES string of the molecule is CCC(C)NCC(=O)NC(C)(C)CC(=O)O. The Bertz CT molecular complexity index is 252. The van der Waals surface area contributed by atoms with Gasteiger partial charge in [-0.15, -0.1) is 0 Å². The van der Waals surface area contributed by atoms with Crippen LogP contribution >= 0.6 is 0 Å². The number of amides is 1. The minimum Gasteiger partial charge on any atom is -0.481 e. The standard InChI is InChI=1S/C11H22N2O3/c1-5-8(2)12-7-9(14)13-11(3,4)6-10(15)16/h8,12H,5-7H2,1-4H3,(H,13,14)(H,15,16). The van der Waals surface area contributed by atoms with Gasteiger partial charge in [0.15, 0.2) is 0 Å². The van der Waals surface area contributed by atoms with E-state index in [4.69, 9.17) is 5.11 Å². The molecule has 0 aromatic carbocycles. The molecule has 5 heteroatoms. The molecule has 0 saturated carbocycles. The molecule has 0 aromatic rings. The van der Waals surface area contributed by atoms with Gasteiger partial charge in [0.1, 0.15) is 0 Å². The molecular formula is C11H22N2O3. The van der Waals surface area contributed by atoms with Gasteiger partial charge in [-0.1, -0.05) is 6.92 Å². The number of aliphatic carboxylic acids is 1. The van der Waals surface area contributed by atoms with Gasteiger partial charge < -0.3 is 15.7 Å². The normalized spacial score (nSPS) is 13.2. The van der Waals surface area contributed by atoms with Gasteiger partial charge in [-0.25, -0.2) is 0 Å². The van der Waals surface area contributed by atoms with E-state index in [1.54, 1.807) is 13.8 Å². The van der Waals surface area contributed by atoms with Gasteiger partial charge >= 0.3 is 5.97 Å². The van der Waals surface area contributed by atoms with Crippen molar-refractivity contribution in [3.05, 3.63) is 0 Å². The molecule has 0 spiro atoms. The molecule has 3 N–H and O–H groups in total. The van der Waals surface area contributed by atoms with Crippen molar-refractivity contribution >= 4 is 11.9 Å². The van der Waals surface area contributed by atoms with Crippen molar-refractivity contribution in [1.82, 2.24) is 10.6 Å². The molecule has 0 aliphatic carbocycles. The maximum atomic E-state index is 11.5. The van der Waals surface area contributed by atoms with Gasteiger partial charge in [0.25, 0.3) is 0 Å². The molecule has 0 radical (unpaired) electrons. The lowest BCUT2D eigenvalue weighted by atomic mass is 10.0. The highest BCUT2D eigenvalue weighted by Crippen LogP contribution is 2.07. The highest BCUT2D eigenvalue weighted by atomic mass is 16.4. The third-order valence-corrected chi connectivity index (χ3v) is 2.29. The molecule has 0 fully saturated rings. The van der Waals surface area contributed by atoms with Gasteiger partial charge in [0.2, 0.25) is 5.91 Å². The lowest BCUT2D eigenvalue weighted by Crippen LogP contribution is -2.49.